The number of benzene rings is 2. The number of unbranched alkanes of at least 4 members (excludes halogenated alkanes) is 6. The van der Waals surface area contributed by atoms with Crippen LogP contribution in [0.3, 0.4) is 0 Å². The van der Waals surface area contributed by atoms with E-state index in [2.05, 4.69) is 22.5 Å². The molecule has 0 spiro atoms. The molecule has 2 rings (SSSR count). The van der Waals surface area contributed by atoms with Crippen LogP contribution in [0, 0.1) is 0 Å². The maximum atomic E-state index is 12.0. The van der Waals surface area contributed by atoms with Gasteiger partial charge in [-0.05, 0) is 91.4 Å². The molecule has 10 nitrogen and oxygen atoms in total. The molecule has 1 atom stereocenters. The highest BCUT2D eigenvalue weighted by molar-refractivity contribution is 7.84. The molecule has 0 aliphatic heterocycles. The van der Waals surface area contributed by atoms with Crippen LogP contribution in [0.2, 0.25) is 0 Å². The van der Waals surface area contributed by atoms with E-state index in [0.29, 0.717) is 24.3 Å². The summed E-state index contributed by atoms with van der Waals surface area (Å²) >= 11 is 0. The summed E-state index contributed by atoms with van der Waals surface area (Å²) in [4.78, 5) is 12.0. The third kappa shape index (κ3) is 16.2. The number of phenols is 1. The van der Waals surface area contributed by atoms with Crippen molar-refractivity contribution >= 4 is 16.3 Å². The number of hydrogen-bond acceptors (Lipinski definition) is 9. The molecule has 0 saturated heterocycles. The Labute approximate surface area is 256 Å². The molecule has 0 fully saturated rings. The Hall–Kier alpha value is -2.54. The summed E-state index contributed by atoms with van der Waals surface area (Å²) in [5, 5.41) is 37.4. The number of aromatic hydroxyl groups is 1. The number of nitrogens with two attached hydrogens (primary N) is 1. The summed E-state index contributed by atoms with van der Waals surface area (Å²) in [6.45, 7) is 4.51. The number of phenolic OH excluding ortho intramolecular Hbond substituents is 1. The van der Waals surface area contributed by atoms with Crippen LogP contribution in [0.4, 0.5) is 0 Å². The van der Waals surface area contributed by atoms with E-state index < -0.39 is 22.4 Å². The van der Waals surface area contributed by atoms with E-state index >= 15 is 0 Å². The van der Waals surface area contributed by atoms with Crippen molar-refractivity contribution in [2.24, 2.45) is 5.14 Å². The number of carbonyl (C=O) groups is 1. The number of aryl methyl sites for hydroxylation is 2. The number of aliphatic hydroxyl groups is 2. The predicted octanol–water partition coefficient (Wildman–Crippen LogP) is 4.13. The van der Waals surface area contributed by atoms with Crippen LogP contribution < -0.4 is 10.5 Å². The molecular weight excluding hydrogens is 572 g/mol. The van der Waals surface area contributed by atoms with E-state index in [1.165, 1.54) is 12.1 Å². The van der Waals surface area contributed by atoms with Gasteiger partial charge in [-0.15, -0.1) is 0 Å². The van der Waals surface area contributed by atoms with Gasteiger partial charge in [0.1, 0.15) is 5.75 Å². The van der Waals surface area contributed by atoms with Crippen molar-refractivity contribution in [3.63, 3.8) is 0 Å². The van der Waals surface area contributed by atoms with Gasteiger partial charge in [0.15, 0.2) is 0 Å². The summed E-state index contributed by atoms with van der Waals surface area (Å²) in [5.74, 6) is -0.815. The number of aliphatic hydroxyl groups excluding tert-OH is 2. The van der Waals surface area contributed by atoms with Crippen molar-refractivity contribution in [1.82, 2.24) is 5.32 Å². The topological polar surface area (TPSA) is 168 Å². The zero-order valence-electron chi connectivity index (χ0n) is 25.4. The van der Waals surface area contributed by atoms with E-state index in [9.17, 15) is 28.5 Å². The number of carbonyl (C=O) groups excluding carboxylic acids is 1. The van der Waals surface area contributed by atoms with Gasteiger partial charge in [0.25, 0.3) is 0 Å². The molecule has 2 aromatic rings. The third-order valence-corrected chi connectivity index (χ3v) is 7.55. The van der Waals surface area contributed by atoms with Gasteiger partial charge in [-0.2, -0.15) is 13.6 Å². The minimum atomic E-state index is -4.32. The molecule has 0 unspecified atom stereocenters. The molecule has 2 aromatic carbocycles. The molecule has 43 heavy (non-hydrogen) atoms. The molecule has 0 radical (unpaired) electrons. The third-order valence-electron chi connectivity index (χ3n) is 7.13. The highest BCUT2D eigenvalue weighted by Crippen LogP contribution is 2.22. The van der Waals surface area contributed by atoms with Crippen LogP contribution in [-0.4, -0.2) is 56.0 Å². The highest BCUT2D eigenvalue weighted by Gasteiger charge is 2.14. The van der Waals surface area contributed by atoms with Crippen LogP contribution in [0.15, 0.2) is 36.4 Å². The van der Waals surface area contributed by atoms with Crippen molar-refractivity contribution in [3.05, 3.63) is 64.2 Å². The molecule has 0 amide bonds. The normalized spacial score (nSPS) is 12.4. The van der Waals surface area contributed by atoms with E-state index in [-0.39, 0.29) is 18.8 Å². The fourth-order valence-electron chi connectivity index (χ4n) is 4.98. The Morgan fingerprint density at radius 1 is 0.907 bits per heavy atom. The first-order chi connectivity index (χ1) is 20.6. The SMILES string of the molecule is CCCCCc1cc(CCCCOCCCCCCNC[C@H](O)c2ccc(O)cc2CO)cc(CC(=O)OS(N)(=O)=O)c1. The van der Waals surface area contributed by atoms with Crippen molar-refractivity contribution in [1.29, 1.82) is 0 Å². The van der Waals surface area contributed by atoms with E-state index in [0.717, 1.165) is 100 Å². The molecule has 11 heteroatoms. The molecule has 6 N–H and O–H groups in total. The lowest BCUT2D eigenvalue weighted by Crippen LogP contribution is -2.23. The van der Waals surface area contributed by atoms with Crippen molar-refractivity contribution in [2.75, 3.05) is 26.3 Å². The quantitative estimate of drug-likeness (QED) is 0.114. The first kappa shape index (κ1) is 36.7. The van der Waals surface area contributed by atoms with Gasteiger partial charge in [0.05, 0.1) is 19.1 Å². The smallest absolute Gasteiger partial charge is 0.382 e. The van der Waals surface area contributed by atoms with Gasteiger partial charge >= 0.3 is 16.3 Å². The molecule has 0 heterocycles. The fourth-order valence-corrected chi connectivity index (χ4v) is 5.30. The van der Waals surface area contributed by atoms with Crippen LogP contribution in [0.5, 0.6) is 5.75 Å². The second-order valence-corrected chi connectivity index (χ2v) is 12.1. The average molecular weight is 623 g/mol. The largest absolute Gasteiger partial charge is 0.508 e. The lowest BCUT2D eigenvalue weighted by atomic mass is 9.97. The second kappa shape index (κ2) is 20.4. The Kier molecular flexibility index (Phi) is 17.4. The first-order valence-electron chi connectivity index (χ1n) is 15.4. The highest BCUT2D eigenvalue weighted by atomic mass is 32.2. The number of hydrogen-bond donors (Lipinski definition) is 5. The van der Waals surface area contributed by atoms with E-state index in [1.54, 1.807) is 6.07 Å². The first-order valence-corrected chi connectivity index (χ1v) is 16.8. The Bertz CT molecular complexity index is 1210. The maximum Gasteiger partial charge on any atom is 0.382 e. The molecule has 0 aromatic heterocycles. The molecule has 242 valence electrons. The van der Waals surface area contributed by atoms with Crippen LogP contribution in [0.25, 0.3) is 0 Å². The lowest BCUT2D eigenvalue weighted by molar-refractivity contribution is -0.133. The van der Waals surface area contributed by atoms with E-state index in [1.807, 2.05) is 12.1 Å². The standard InChI is InChI=1S/C32H50N2O8S/c1-2-3-6-11-25-18-26(20-27(19-25)21-32(38)42-43(33,39)40)12-7-10-17-41-16-9-5-4-8-15-34-23-31(37)30-14-13-29(36)22-28(30)24-35/h13-14,18-20,22,31,34-37H,2-12,15-17,21,23-24H2,1H3,(H2,33,39,40)/t31-/m0/s1. The van der Waals surface area contributed by atoms with Crippen LogP contribution in [-0.2, 0) is 49.9 Å². The second-order valence-electron chi connectivity index (χ2n) is 11.0. The Balaban J connectivity index is 1.58. The van der Waals surface area contributed by atoms with Crippen molar-refractivity contribution in [2.45, 2.75) is 96.7 Å². The Morgan fingerprint density at radius 3 is 2.19 bits per heavy atom. The zero-order valence-corrected chi connectivity index (χ0v) is 26.2. The van der Waals surface area contributed by atoms with Crippen molar-refractivity contribution < 1.29 is 37.5 Å². The van der Waals surface area contributed by atoms with Gasteiger partial charge in [0, 0.05) is 19.8 Å². The van der Waals surface area contributed by atoms with Crippen LogP contribution >= 0.6 is 0 Å². The van der Waals surface area contributed by atoms with Gasteiger partial charge in [-0.3, -0.25) is 4.79 Å². The average Bonchev–Trinajstić information content (AvgIpc) is 2.94. The minimum Gasteiger partial charge on any atom is -0.508 e. The molecule has 0 aliphatic rings. The predicted molar refractivity (Wildman–Crippen MR) is 167 cm³/mol. The number of rotatable bonds is 23. The van der Waals surface area contributed by atoms with Gasteiger partial charge in [0.2, 0.25) is 0 Å². The van der Waals surface area contributed by atoms with Crippen LogP contribution in [0.1, 0.15) is 98.6 Å². The maximum absolute atomic E-state index is 12.0. The number of ether oxygens (including phenoxy) is 1. The monoisotopic (exact) mass is 622 g/mol. The summed E-state index contributed by atoms with van der Waals surface area (Å²) in [5.41, 5.74) is 4.13. The van der Waals surface area contributed by atoms with Gasteiger partial charge in [-0.25, -0.2) is 0 Å². The molecule has 0 bridgehead atoms. The molecule has 0 aliphatic carbocycles. The lowest BCUT2D eigenvalue weighted by Gasteiger charge is -2.15. The summed E-state index contributed by atoms with van der Waals surface area (Å²) in [7, 11) is -4.32. The Morgan fingerprint density at radius 2 is 1.53 bits per heavy atom. The van der Waals surface area contributed by atoms with E-state index in [4.69, 9.17) is 9.88 Å². The number of nitrogens with one attached hydrogen (secondary N) is 1. The summed E-state index contributed by atoms with van der Waals surface area (Å²) < 4.78 is 32.2. The van der Waals surface area contributed by atoms with Crippen molar-refractivity contribution in [3.8, 4) is 5.75 Å². The molecular formula is C32H50N2O8S. The summed E-state index contributed by atoms with van der Waals surface area (Å²) in [6, 6.07) is 10.7. The van der Waals surface area contributed by atoms with Gasteiger partial charge < -0.3 is 29.6 Å². The zero-order chi connectivity index (χ0) is 31.5. The minimum absolute atomic E-state index is 0.0685. The molecule has 0 saturated carbocycles. The summed E-state index contributed by atoms with van der Waals surface area (Å²) in [6.07, 6.45) is 10.2. The fraction of sp³-hybridized carbons (Fsp3) is 0.594. The van der Waals surface area contributed by atoms with Gasteiger partial charge in [-0.1, -0.05) is 56.9 Å².